The van der Waals surface area contributed by atoms with Crippen molar-refractivity contribution in [3.8, 4) is 0 Å². The summed E-state index contributed by atoms with van der Waals surface area (Å²) >= 11 is 0. The van der Waals surface area contributed by atoms with E-state index in [0.717, 1.165) is 57.8 Å². The maximum atomic E-state index is 15.0. The third-order valence-electron chi connectivity index (χ3n) is 10.5. The predicted molar refractivity (Wildman–Crippen MR) is 200 cm³/mol. The van der Waals surface area contributed by atoms with Gasteiger partial charge in [0.05, 0.1) is 12.5 Å². The van der Waals surface area contributed by atoms with Gasteiger partial charge in [0.25, 0.3) is 0 Å². The summed E-state index contributed by atoms with van der Waals surface area (Å²) in [5.41, 5.74) is -0.290. The van der Waals surface area contributed by atoms with Crippen LogP contribution < -0.4 is 0 Å². The number of hydrogen-bond donors (Lipinski definition) is 0. The van der Waals surface area contributed by atoms with E-state index in [1.165, 1.54) is 38.5 Å². The lowest BCUT2D eigenvalue weighted by molar-refractivity contribution is -0.225. The van der Waals surface area contributed by atoms with Crippen LogP contribution in [0.3, 0.4) is 0 Å². The molecule has 2 fully saturated rings. The Morgan fingerprint density at radius 2 is 1.48 bits per heavy atom. The molecule has 50 heavy (non-hydrogen) atoms. The third kappa shape index (κ3) is 12.4. The normalized spacial score (nSPS) is 21.9. The number of esters is 2. The summed E-state index contributed by atoms with van der Waals surface area (Å²) in [5, 5.41) is 0. The van der Waals surface area contributed by atoms with Crippen molar-refractivity contribution in [3.63, 3.8) is 0 Å². The van der Waals surface area contributed by atoms with Crippen LogP contribution in [0.1, 0.15) is 141 Å². The standard InChI is InChI=1S/C44H64O6/c1-4-6-8-10-12-16-22-36-29-28-35(3)32-40(33-36)48-43(46)44(38-23-17-14-18-24-38,39-25-19-15-20-26-39)50-41(27-21-13-11-9-7-5-2)49-42(45)37-30-31-47-34-37/h12,14-20,23-26,35-37,40-41H,4-11,13,21-22,27-34H2,1-3H3/b16-12+. The van der Waals surface area contributed by atoms with Crippen molar-refractivity contribution < 1.29 is 28.5 Å². The van der Waals surface area contributed by atoms with Gasteiger partial charge in [-0.1, -0.05) is 145 Å². The summed E-state index contributed by atoms with van der Waals surface area (Å²) in [6.07, 6.45) is 20.9. The molecule has 276 valence electrons. The molecule has 1 saturated heterocycles. The molecule has 2 aromatic carbocycles. The van der Waals surface area contributed by atoms with Crippen molar-refractivity contribution in [2.24, 2.45) is 17.8 Å². The zero-order chi connectivity index (χ0) is 35.4. The van der Waals surface area contributed by atoms with Crippen molar-refractivity contribution in [1.29, 1.82) is 0 Å². The fraction of sp³-hybridized carbons (Fsp3) is 0.636. The van der Waals surface area contributed by atoms with E-state index in [1.54, 1.807) is 0 Å². The highest BCUT2D eigenvalue weighted by molar-refractivity contribution is 5.86. The second kappa shape index (κ2) is 22.1. The van der Waals surface area contributed by atoms with Crippen LogP contribution in [0.15, 0.2) is 72.8 Å². The molecule has 6 heteroatoms. The summed E-state index contributed by atoms with van der Waals surface area (Å²) in [5.74, 6) is -0.198. The molecular formula is C44H64O6. The Balaban J connectivity index is 1.63. The van der Waals surface area contributed by atoms with E-state index in [2.05, 4.69) is 32.9 Å². The number of unbranched alkanes of at least 4 members (excludes halogenated alkanes) is 8. The molecule has 1 saturated carbocycles. The Labute approximate surface area is 302 Å². The average molecular weight is 689 g/mol. The summed E-state index contributed by atoms with van der Waals surface area (Å²) in [7, 11) is 0. The van der Waals surface area contributed by atoms with Gasteiger partial charge in [-0.05, 0) is 74.3 Å². The van der Waals surface area contributed by atoms with Crippen LogP contribution in [0.25, 0.3) is 0 Å². The molecule has 4 rings (SSSR count). The van der Waals surface area contributed by atoms with E-state index in [9.17, 15) is 4.79 Å². The van der Waals surface area contributed by atoms with Gasteiger partial charge in [-0.2, -0.15) is 0 Å². The molecule has 5 unspecified atom stereocenters. The van der Waals surface area contributed by atoms with Crippen LogP contribution in [0.2, 0.25) is 0 Å². The van der Waals surface area contributed by atoms with Gasteiger partial charge >= 0.3 is 11.9 Å². The smallest absolute Gasteiger partial charge is 0.348 e. The highest BCUT2D eigenvalue weighted by Gasteiger charge is 2.49. The van der Waals surface area contributed by atoms with Gasteiger partial charge in [-0.25, -0.2) is 4.79 Å². The average Bonchev–Trinajstić information content (AvgIpc) is 3.62. The van der Waals surface area contributed by atoms with Gasteiger partial charge in [0.15, 0.2) is 0 Å². The third-order valence-corrected chi connectivity index (χ3v) is 10.5. The minimum absolute atomic E-state index is 0.232. The lowest BCUT2D eigenvalue weighted by atomic mass is 9.85. The predicted octanol–water partition coefficient (Wildman–Crippen LogP) is 10.9. The van der Waals surface area contributed by atoms with E-state index < -0.39 is 17.9 Å². The Bertz CT molecular complexity index is 1210. The quantitative estimate of drug-likeness (QED) is 0.0427. The number of carbonyl (C=O) groups is 2. The molecule has 2 aliphatic rings. The zero-order valence-electron chi connectivity index (χ0n) is 31.2. The first-order chi connectivity index (χ1) is 24.5. The Morgan fingerprint density at radius 3 is 2.14 bits per heavy atom. The minimum Gasteiger partial charge on any atom is -0.460 e. The second-order valence-corrected chi connectivity index (χ2v) is 14.8. The van der Waals surface area contributed by atoms with Gasteiger partial charge in [-0.3, -0.25) is 4.79 Å². The minimum atomic E-state index is -1.62. The second-order valence-electron chi connectivity index (χ2n) is 14.8. The van der Waals surface area contributed by atoms with Crippen LogP contribution in [0.4, 0.5) is 0 Å². The number of hydrogen-bond acceptors (Lipinski definition) is 6. The molecule has 0 N–H and O–H groups in total. The first-order valence-electron chi connectivity index (χ1n) is 19.9. The first kappa shape index (κ1) is 39.8. The van der Waals surface area contributed by atoms with Gasteiger partial charge in [0.2, 0.25) is 11.9 Å². The topological polar surface area (TPSA) is 71.1 Å². The van der Waals surface area contributed by atoms with Crippen molar-refractivity contribution in [2.45, 2.75) is 148 Å². The molecule has 0 aromatic heterocycles. The van der Waals surface area contributed by atoms with Crippen LogP contribution in [0.5, 0.6) is 0 Å². The SMILES string of the molecule is CCCCC/C=C/CC1CCC(C)CC(OC(=O)C(OC(CCCCCCCC)OC(=O)C2CCOC2)(c2ccccc2)c2ccccc2)C1. The van der Waals surface area contributed by atoms with Gasteiger partial charge in [-0.15, -0.1) is 0 Å². The maximum Gasteiger partial charge on any atom is 0.348 e. The maximum absolute atomic E-state index is 15.0. The lowest BCUT2D eigenvalue weighted by Crippen LogP contribution is -2.46. The Kier molecular flexibility index (Phi) is 17.6. The van der Waals surface area contributed by atoms with Crippen LogP contribution in [-0.2, 0) is 34.1 Å². The van der Waals surface area contributed by atoms with Gasteiger partial charge in [0.1, 0.15) is 6.10 Å². The Morgan fingerprint density at radius 1 is 0.820 bits per heavy atom. The fourth-order valence-corrected chi connectivity index (χ4v) is 7.44. The number of allylic oxidation sites excluding steroid dienone is 2. The molecule has 0 spiro atoms. The van der Waals surface area contributed by atoms with E-state index >= 15 is 4.79 Å². The summed E-state index contributed by atoms with van der Waals surface area (Å²) in [6, 6.07) is 19.2. The number of ether oxygens (including phenoxy) is 4. The summed E-state index contributed by atoms with van der Waals surface area (Å²) in [6.45, 7) is 7.61. The first-order valence-corrected chi connectivity index (χ1v) is 19.9. The molecule has 1 aliphatic carbocycles. The molecule has 0 radical (unpaired) electrons. The zero-order valence-corrected chi connectivity index (χ0v) is 31.2. The van der Waals surface area contributed by atoms with E-state index in [4.69, 9.17) is 18.9 Å². The van der Waals surface area contributed by atoms with Crippen LogP contribution in [-0.4, -0.2) is 37.5 Å². The van der Waals surface area contributed by atoms with Crippen molar-refractivity contribution in [3.05, 3.63) is 83.9 Å². The molecule has 0 bridgehead atoms. The number of rotatable bonds is 21. The van der Waals surface area contributed by atoms with E-state index in [-0.39, 0.29) is 18.0 Å². The molecule has 0 amide bonds. The van der Waals surface area contributed by atoms with Crippen molar-refractivity contribution in [2.75, 3.05) is 13.2 Å². The number of carbonyl (C=O) groups excluding carboxylic acids is 2. The van der Waals surface area contributed by atoms with Crippen LogP contribution >= 0.6 is 0 Å². The lowest BCUT2D eigenvalue weighted by Gasteiger charge is -2.37. The molecule has 2 aromatic rings. The highest BCUT2D eigenvalue weighted by atomic mass is 16.7. The molecule has 1 heterocycles. The monoisotopic (exact) mass is 688 g/mol. The van der Waals surface area contributed by atoms with Crippen molar-refractivity contribution >= 4 is 11.9 Å². The number of benzene rings is 2. The highest BCUT2D eigenvalue weighted by Crippen LogP contribution is 2.40. The summed E-state index contributed by atoms with van der Waals surface area (Å²) < 4.78 is 25.3. The largest absolute Gasteiger partial charge is 0.460 e. The Hall–Kier alpha value is -2.96. The van der Waals surface area contributed by atoms with Gasteiger partial charge in [0, 0.05) is 13.0 Å². The van der Waals surface area contributed by atoms with E-state index in [1.807, 2.05) is 60.7 Å². The van der Waals surface area contributed by atoms with Crippen LogP contribution in [0, 0.1) is 17.8 Å². The molecular weight excluding hydrogens is 624 g/mol. The van der Waals surface area contributed by atoms with E-state index in [0.29, 0.717) is 49.0 Å². The fourth-order valence-electron chi connectivity index (χ4n) is 7.44. The molecule has 5 atom stereocenters. The summed E-state index contributed by atoms with van der Waals surface area (Å²) in [4.78, 5) is 28.5. The van der Waals surface area contributed by atoms with Crippen molar-refractivity contribution in [1.82, 2.24) is 0 Å². The van der Waals surface area contributed by atoms with Gasteiger partial charge < -0.3 is 18.9 Å². The molecule has 6 nitrogen and oxygen atoms in total. The molecule has 1 aliphatic heterocycles.